The van der Waals surface area contributed by atoms with Gasteiger partial charge in [0, 0.05) is 0 Å². The van der Waals surface area contributed by atoms with Crippen LogP contribution in [0.1, 0.15) is 79.1 Å². The van der Waals surface area contributed by atoms with Gasteiger partial charge in [-0.25, -0.2) is 0 Å². The van der Waals surface area contributed by atoms with Crippen molar-refractivity contribution >= 4 is 51.4 Å². The molecule has 0 aliphatic rings. The summed E-state index contributed by atoms with van der Waals surface area (Å²) >= 11 is 0. The molecule has 114 valence electrons. The normalized spacial score (nSPS) is 10.7. The fraction of sp³-hybridized carbons (Fsp3) is 1.00. The molecule has 0 radical (unpaired) electrons. The first-order chi connectivity index (χ1) is 8.24. The second-order valence-corrected chi connectivity index (χ2v) is 5.65. The molecular weight excluding hydrogens is 261 g/mol. The summed E-state index contributed by atoms with van der Waals surface area (Å²) in [5, 5.41) is 0. The standard InChI is InChI=1S/C16H36N.K.H2O.H/c1-5-9-13-17(14-10-6-2,15-11-7-3)16-12-8-4;;;/h5-16H2,1-4H3;;1H2;/q+1;;;. The molecule has 3 heteroatoms. The Labute approximate surface area is 165 Å². The van der Waals surface area contributed by atoms with E-state index < -0.39 is 0 Å². The summed E-state index contributed by atoms with van der Waals surface area (Å²) in [4.78, 5) is 0. The zero-order valence-corrected chi connectivity index (χ0v) is 13.4. The van der Waals surface area contributed by atoms with Crippen LogP contribution in [0.2, 0.25) is 0 Å². The van der Waals surface area contributed by atoms with Crippen LogP contribution in [0.25, 0.3) is 0 Å². The summed E-state index contributed by atoms with van der Waals surface area (Å²) in [5.74, 6) is 0. The Morgan fingerprint density at radius 2 is 0.737 bits per heavy atom. The molecule has 0 aromatic carbocycles. The van der Waals surface area contributed by atoms with Gasteiger partial charge in [0.25, 0.3) is 0 Å². The average Bonchev–Trinajstić information content (AvgIpc) is 2.37. The number of hydrogen-bond acceptors (Lipinski definition) is 0. The minimum atomic E-state index is 0. The van der Waals surface area contributed by atoms with E-state index in [9.17, 15) is 0 Å². The van der Waals surface area contributed by atoms with Crippen LogP contribution in [0.15, 0.2) is 0 Å². The number of hydrogen-bond donors (Lipinski definition) is 0. The molecule has 0 rings (SSSR count). The minimum absolute atomic E-state index is 0. The molecule has 0 fully saturated rings. The molecule has 0 bridgehead atoms. The summed E-state index contributed by atoms with van der Waals surface area (Å²) in [6.07, 6.45) is 11.1. The second-order valence-electron chi connectivity index (χ2n) is 5.65. The predicted molar refractivity (Wildman–Crippen MR) is 90.1 cm³/mol. The van der Waals surface area contributed by atoms with Crippen molar-refractivity contribution in [1.82, 2.24) is 0 Å². The molecule has 0 amide bonds. The van der Waals surface area contributed by atoms with Crippen molar-refractivity contribution in [3.8, 4) is 0 Å². The van der Waals surface area contributed by atoms with Crippen LogP contribution >= 0.6 is 0 Å². The van der Waals surface area contributed by atoms with Crippen LogP contribution < -0.4 is 0 Å². The van der Waals surface area contributed by atoms with Gasteiger partial charge in [0.05, 0.1) is 26.2 Å². The van der Waals surface area contributed by atoms with Crippen molar-refractivity contribution in [2.75, 3.05) is 26.2 Å². The molecule has 2 N–H and O–H groups in total. The van der Waals surface area contributed by atoms with E-state index in [4.69, 9.17) is 0 Å². The summed E-state index contributed by atoms with van der Waals surface area (Å²) < 4.78 is 1.42. The van der Waals surface area contributed by atoms with E-state index in [1.54, 1.807) is 0 Å². The number of quaternary nitrogens is 1. The summed E-state index contributed by atoms with van der Waals surface area (Å²) in [5.41, 5.74) is 0. The van der Waals surface area contributed by atoms with E-state index in [0.29, 0.717) is 0 Å². The van der Waals surface area contributed by atoms with Crippen LogP contribution in [-0.4, -0.2) is 87.5 Å². The maximum atomic E-state index is 2.33. The molecular formula is C16H39KNO+. The van der Waals surface area contributed by atoms with Gasteiger partial charge in [-0.2, -0.15) is 0 Å². The molecule has 19 heavy (non-hydrogen) atoms. The van der Waals surface area contributed by atoms with Crippen LogP contribution in [0.5, 0.6) is 0 Å². The van der Waals surface area contributed by atoms with Crippen LogP contribution in [0, 0.1) is 0 Å². The molecule has 0 unspecified atom stereocenters. The number of nitrogens with zero attached hydrogens (tertiary/aromatic N) is 1. The zero-order valence-electron chi connectivity index (χ0n) is 13.4. The Hall–Kier alpha value is 1.56. The molecule has 0 saturated heterocycles. The Balaban J connectivity index is -0.00000128. The van der Waals surface area contributed by atoms with Gasteiger partial charge in [-0.1, -0.05) is 53.4 Å². The van der Waals surface area contributed by atoms with Gasteiger partial charge in [0.15, 0.2) is 0 Å². The van der Waals surface area contributed by atoms with E-state index in [2.05, 4.69) is 27.7 Å². The third-order valence-electron chi connectivity index (χ3n) is 3.94. The van der Waals surface area contributed by atoms with E-state index in [1.165, 1.54) is 82.0 Å². The van der Waals surface area contributed by atoms with E-state index >= 15 is 0 Å². The van der Waals surface area contributed by atoms with Crippen molar-refractivity contribution in [3.05, 3.63) is 0 Å². The fourth-order valence-corrected chi connectivity index (χ4v) is 2.64. The monoisotopic (exact) mass is 300 g/mol. The quantitative estimate of drug-likeness (QED) is 0.390. The van der Waals surface area contributed by atoms with Gasteiger partial charge in [-0.05, 0) is 25.7 Å². The van der Waals surface area contributed by atoms with Gasteiger partial charge in [-0.3, -0.25) is 0 Å². The van der Waals surface area contributed by atoms with E-state index in [1.807, 2.05) is 0 Å². The molecule has 0 aliphatic carbocycles. The average molecular weight is 301 g/mol. The van der Waals surface area contributed by atoms with Gasteiger partial charge in [0.2, 0.25) is 0 Å². The second kappa shape index (κ2) is 17.6. The van der Waals surface area contributed by atoms with Crippen LogP contribution in [0.4, 0.5) is 0 Å². The van der Waals surface area contributed by atoms with Gasteiger partial charge < -0.3 is 9.96 Å². The fourth-order valence-electron chi connectivity index (χ4n) is 2.64. The molecule has 0 spiro atoms. The first kappa shape index (κ1) is 25.5. The van der Waals surface area contributed by atoms with Crippen molar-refractivity contribution in [2.24, 2.45) is 0 Å². The Kier molecular flexibility index (Phi) is 23.6. The van der Waals surface area contributed by atoms with Crippen molar-refractivity contribution < 1.29 is 9.96 Å². The Morgan fingerprint density at radius 1 is 0.526 bits per heavy atom. The summed E-state index contributed by atoms with van der Waals surface area (Å²) in [6, 6.07) is 0. The van der Waals surface area contributed by atoms with E-state index in [-0.39, 0.29) is 56.9 Å². The Bertz CT molecular complexity index is 127. The molecule has 0 aromatic heterocycles. The molecule has 0 atom stereocenters. The molecule has 2 nitrogen and oxygen atoms in total. The summed E-state index contributed by atoms with van der Waals surface area (Å²) in [6.45, 7) is 15.0. The molecule has 0 saturated carbocycles. The van der Waals surface area contributed by atoms with Crippen molar-refractivity contribution in [1.29, 1.82) is 0 Å². The number of unbranched alkanes of at least 4 members (excludes halogenated alkanes) is 4. The Morgan fingerprint density at radius 3 is 0.895 bits per heavy atom. The summed E-state index contributed by atoms with van der Waals surface area (Å²) in [7, 11) is 0. The van der Waals surface area contributed by atoms with Gasteiger partial charge in [-0.15, -0.1) is 0 Å². The van der Waals surface area contributed by atoms with Crippen LogP contribution in [-0.2, 0) is 0 Å². The van der Waals surface area contributed by atoms with E-state index in [0.717, 1.165) is 0 Å². The number of rotatable bonds is 12. The third kappa shape index (κ3) is 13.0. The van der Waals surface area contributed by atoms with Gasteiger partial charge >= 0.3 is 51.4 Å². The molecule has 0 aromatic rings. The van der Waals surface area contributed by atoms with Crippen LogP contribution in [0.3, 0.4) is 0 Å². The predicted octanol–water partition coefficient (Wildman–Crippen LogP) is 3.53. The molecule has 0 aliphatic heterocycles. The first-order valence-corrected chi connectivity index (χ1v) is 8.09. The topological polar surface area (TPSA) is 31.5 Å². The van der Waals surface area contributed by atoms with Gasteiger partial charge in [0.1, 0.15) is 0 Å². The molecule has 0 heterocycles. The first-order valence-electron chi connectivity index (χ1n) is 8.09. The van der Waals surface area contributed by atoms with Crippen molar-refractivity contribution in [3.63, 3.8) is 0 Å². The van der Waals surface area contributed by atoms with Crippen molar-refractivity contribution in [2.45, 2.75) is 79.1 Å². The zero-order chi connectivity index (χ0) is 13.0. The SMILES string of the molecule is CCCC[N+](CCCC)(CCCC)CCCC.O.[KH]. The maximum absolute atomic E-state index is 2.33. The third-order valence-corrected chi connectivity index (χ3v) is 3.94.